The van der Waals surface area contributed by atoms with Gasteiger partial charge in [-0.3, -0.25) is 4.68 Å². The number of aliphatic hydroxyl groups is 1. The highest BCUT2D eigenvalue weighted by Gasteiger charge is 2.33. The summed E-state index contributed by atoms with van der Waals surface area (Å²) in [6, 6.07) is 0. The Bertz CT molecular complexity index is 397. The topological polar surface area (TPSA) is 50.1 Å². The molecule has 1 aliphatic rings. The van der Waals surface area contributed by atoms with Gasteiger partial charge in [-0.2, -0.15) is 5.10 Å². The average molecular weight is 302 g/mol. The molecule has 4 nitrogen and oxygen atoms in total. The van der Waals surface area contributed by atoms with Gasteiger partial charge in [0.25, 0.3) is 0 Å². The number of piperidine rings is 1. The van der Waals surface area contributed by atoms with Crippen LogP contribution in [0.1, 0.15) is 24.2 Å². The predicted octanol–water partition coefficient (Wildman–Crippen LogP) is 1.40. The zero-order valence-corrected chi connectivity index (χ0v) is 12.0. The fourth-order valence-corrected chi connectivity index (χ4v) is 3.08. The molecule has 2 N–H and O–H groups in total. The first kappa shape index (κ1) is 13.1. The van der Waals surface area contributed by atoms with Gasteiger partial charge in [0.05, 0.1) is 22.5 Å². The molecular formula is C12H20BrN3O. The van der Waals surface area contributed by atoms with Gasteiger partial charge >= 0.3 is 0 Å². The summed E-state index contributed by atoms with van der Waals surface area (Å²) in [6.07, 6.45) is 3.08. The molecule has 96 valence electrons. The Morgan fingerprint density at radius 3 is 2.82 bits per heavy atom. The fraction of sp³-hybridized carbons (Fsp3) is 0.750. The molecule has 0 amide bonds. The van der Waals surface area contributed by atoms with E-state index in [4.69, 9.17) is 0 Å². The normalized spacial score (nSPS) is 25.2. The first-order valence-corrected chi connectivity index (χ1v) is 6.87. The molecule has 0 radical (unpaired) electrons. The molecule has 1 aliphatic heterocycles. The Balaban J connectivity index is 2.23. The van der Waals surface area contributed by atoms with Gasteiger partial charge in [-0.25, -0.2) is 0 Å². The van der Waals surface area contributed by atoms with Crippen LogP contribution >= 0.6 is 15.9 Å². The minimum absolute atomic E-state index is 0.0268. The molecule has 1 atom stereocenters. The molecule has 1 aromatic rings. The highest BCUT2D eigenvalue weighted by Crippen LogP contribution is 2.33. The zero-order chi connectivity index (χ0) is 12.5. The van der Waals surface area contributed by atoms with E-state index in [2.05, 4.69) is 26.3 Å². The summed E-state index contributed by atoms with van der Waals surface area (Å²) in [7, 11) is 1.97. The molecule has 0 bridgehead atoms. The van der Waals surface area contributed by atoms with Crippen molar-refractivity contribution in [2.75, 3.05) is 19.7 Å². The lowest BCUT2D eigenvalue weighted by Crippen LogP contribution is -2.44. The number of aromatic nitrogens is 2. The Morgan fingerprint density at radius 2 is 2.35 bits per heavy atom. The van der Waals surface area contributed by atoms with Crippen molar-refractivity contribution in [2.45, 2.75) is 26.2 Å². The van der Waals surface area contributed by atoms with Gasteiger partial charge in [-0.15, -0.1) is 0 Å². The molecule has 1 fully saturated rings. The summed E-state index contributed by atoms with van der Waals surface area (Å²) in [5.41, 5.74) is 2.17. The molecule has 0 saturated carbocycles. The standard InChI is InChI=1S/C12H20BrN3O/c1-9-11(13)10(16(2)15-9)6-12(8-17)4-3-5-14-7-12/h14,17H,3-8H2,1-2H3. The fourth-order valence-electron chi connectivity index (χ4n) is 2.60. The summed E-state index contributed by atoms with van der Waals surface area (Å²) in [5.74, 6) is 0. The second-order valence-corrected chi connectivity index (χ2v) is 5.88. The van der Waals surface area contributed by atoms with Crippen molar-refractivity contribution in [1.82, 2.24) is 15.1 Å². The average Bonchev–Trinajstić information content (AvgIpc) is 2.57. The second-order valence-electron chi connectivity index (χ2n) is 5.08. The van der Waals surface area contributed by atoms with E-state index in [9.17, 15) is 5.11 Å². The predicted molar refractivity (Wildman–Crippen MR) is 71.0 cm³/mol. The third kappa shape index (κ3) is 2.56. The van der Waals surface area contributed by atoms with Gasteiger partial charge in [0.2, 0.25) is 0 Å². The van der Waals surface area contributed by atoms with Crippen molar-refractivity contribution >= 4 is 15.9 Å². The third-order valence-electron chi connectivity index (χ3n) is 3.70. The monoisotopic (exact) mass is 301 g/mol. The molecular weight excluding hydrogens is 282 g/mol. The summed E-state index contributed by atoms with van der Waals surface area (Å²) < 4.78 is 3.00. The quantitative estimate of drug-likeness (QED) is 0.887. The summed E-state index contributed by atoms with van der Waals surface area (Å²) in [4.78, 5) is 0. The van der Waals surface area contributed by atoms with Gasteiger partial charge in [0, 0.05) is 19.0 Å². The van der Waals surface area contributed by atoms with E-state index in [0.717, 1.165) is 42.5 Å². The molecule has 0 aliphatic carbocycles. The summed E-state index contributed by atoms with van der Waals surface area (Å²) in [6.45, 7) is 4.18. The van der Waals surface area contributed by atoms with E-state index in [1.165, 1.54) is 5.69 Å². The van der Waals surface area contributed by atoms with Gasteiger partial charge in [0.1, 0.15) is 0 Å². The number of nitrogens with zero attached hydrogens (tertiary/aromatic N) is 2. The number of hydrogen-bond acceptors (Lipinski definition) is 3. The maximum Gasteiger partial charge on any atom is 0.0738 e. The third-order valence-corrected chi connectivity index (χ3v) is 4.73. The van der Waals surface area contributed by atoms with E-state index in [1.54, 1.807) is 0 Å². The molecule has 2 heterocycles. The van der Waals surface area contributed by atoms with Crippen LogP contribution in [0.25, 0.3) is 0 Å². The van der Waals surface area contributed by atoms with Crippen LogP contribution in [-0.4, -0.2) is 34.6 Å². The largest absolute Gasteiger partial charge is 0.396 e. The Hall–Kier alpha value is -0.390. The number of aryl methyl sites for hydroxylation is 2. The minimum Gasteiger partial charge on any atom is -0.396 e. The lowest BCUT2D eigenvalue weighted by molar-refractivity contribution is 0.0927. The van der Waals surface area contributed by atoms with Crippen LogP contribution in [0, 0.1) is 12.3 Å². The molecule has 5 heteroatoms. The van der Waals surface area contributed by atoms with Crippen molar-refractivity contribution in [3.05, 3.63) is 15.9 Å². The van der Waals surface area contributed by atoms with Gasteiger partial charge < -0.3 is 10.4 Å². The van der Waals surface area contributed by atoms with Crippen molar-refractivity contribution in [3.63, 3.8) is 0 Å². The van der Waals surface area contributed by atoms with Crippen molar-refractivity contribution in [3.8, 4) is 0 Å². The van der Waals surface area contributed by atoms with E-state index < -0.39 is 0 Å². The van der Waals surface area contributed by atoms with Crippen LogP contribution < -0.4 is 5.32 Å². The van der Waals surface area contributed by atoms with Crippen molar-refractivity contribution in [1.29, 1.82) is 0 Å². The second kappa shape index (κ2) is 5.08. The number of halogens is 1. The maximum absolute atomic E-state index is 9.71. The van der Waals surface area contributed by atoms with Crippen LogP contribution in [0.5, 0.6) is 0 Å². The first-order chi connectivity index (χ1) is 8.08. The Kier molecular flexibility index (Phi) is 3.90. The van der Waals surface area contributed by atoms with Crippen molar-refractivity contribution in [2.24, 2.45) is 12.5 Å². The Labute approximate surface area is 111 Å². The lowest BCUT2D eigenvalue weighted by atomic mass is 9.77. The van der Waals surface area contributed by atoms with Crippen LogP contribution in [0.4, 0.5) is 0 Å². The molecule has 1 aromatic heterocycles. The number of nitrogens with one attached hydrogen (secondary N) is 1. The van der Waals surface area contributed by atoms with E-state index in [-0.39, 0.29) is 12.0 Å². The summed E-state index contributed by atoms with van der Waals surface area (Å²) in [5, 5.41) is 17.5. The van der Waals surface area contributed by atoms with Gasteiger partial charge in [0.15, 0.2) is 0 Å². The highest BCUT2D eigenvalue weighted by atomic mass is 79.9. The van der Waals surface area contributed by atoms with Crippen LogP contribution in [0.3, 0.4) is 0 Å². The number of aliphatic hydroxyl groups excluding tert-OH is 1. The van der Waals surface area contributed by atoms with Crippen LogP contribution in [-0.2, 0) is 13.5 Å². The smallest absolute Gasteiger partial charge is 0.0738 e. The first-order valence-electron chi connectivity index (χ1n) is 6.07. The Morgan fingerprint density at radius 1 is 1.59 bits per heavy atom. The summed E-state index contributed by atoms with van der Waals surface area (Å²) >= 11 is 3.60. The van der Waals surface area contributed by atoms with Crippen LogP contribution in [0.2, 0.25) is 0 Å². The van der Waals surface area contributed by atoms with E-state index in [1.807, 2.05) is 18.7 Å². The van der Waals surface area contributed by atoms with Crippen molar-refractivity contribution < 1.29 is 5.11 Å². The lowest BCUT2D eigenvalue weighted by Gasteiger charge is -2.36. The zero-order valence-electron chi connectivity index (χ0n) is 10.5. The molecule has 0 spiro atoms. The number of rotatable bonds is 3. The highest BCUT2D eigenvalue weighted by molar-refractivity contribution is 9.10. The number of hydrogen-bond donors (Lipinski definition) is 2. The van der Waals surface area contributed by atoms with E-state index >= 15 is 0 Å². The van der Waals surface area contributed by atoms with E-state index in [0.29, 0.717) is 0 Å². The SMILES string of the molecule is Cc1nn(C)c(CC2(CO)CCCNC2)c1Br. The van der Waals surface area contributed by atoms with Gasteiger partial charge in [-0.1, -0.05) is 0 Å². The van der Waals surface area contributed by atoms with Gasteiger partial charge in [-0.05, 0) is 48.7 Å². The molecule has 1 unspecified atom stereocenters. The minimum atomic E-state index is -0.0268. The molecule has 0 aromatic carbocycles. The molecule has 1 saturated heterocycles. The molecule has 2 rings (SSSR count). The maximum atomic E-state index is 9.71. The van der Waals surface area contributed by atoms with Crippen LogP contribution in [0.15, 0.2) is 4.47 Å². The molecule has 17 heavy (non-hydrogen) atoms.